The number of aromatic nitrogens is 1. The van der Waals surface area contributed by atoms with Gasteiger partial charge in [-0.1, -0.05) is 6.07 Å². The van der Waals surface area contributed by atoms with Crippen molar-refractivity contribution in [1.29, 1.82) is 0 Å². The molecule has 1 N–H and O–H groups in total. The molecule has 28 heavy (non-hydrogen) atoms. The van der Waals surface area contributed by atoms with Crippen molar-refractivity contribution < 1.29 is 31.4 Å². The maximum atomic E-state index is 13.1. The van der Waals surface area contributed by atoms with Crippen LogP contribution in [-0.2, 0) is 12.4 Å². The summed E-state index contributed by atoms with van der Waals surface area (Å²) in [7, 11) is 0. The molecule has 0 aliphatic carbocycles. The first kappa shape index (κ1) is 20.1. The highest BCUT2D eigenvalue weighted by Gasteiger charge is 2.37. The fourth-order valence-corrected chi connectivity index (χ4v) is 2.98. The average molecular weight is 399 g/mol. The van der Waals surface area contributed by atoms with E-state index in [1.807, 2.05) is 19.9 Å². The van der Waals surface area contributed by atoms with E-state index >= 15 is 0 Å². The van der Waals surface area contributed by atoms with Crippen molar-refractivity contribution >= 4 is 10.8 Å². The van der Waals surface area contributed by atoms with Gasteiger partial charge in [-0.2, -0.15) is 26.3 Å². The van der Waals surface area contributed by atoms with Crippen molar-refractivity contribution in [2.45, 2.75) is 32.3 Å². The molecule has 0 amide bonds. The molecule has 0 aliphatic heterocycles. The van der Waals surface area contributed by atoms with Crippen molar-refractivity contribution in [3.8, 4) is 0 Å². The average Bonchev–Trinajstić information content (AvgIpc) is 2.60. The highest BCUT2D eigenvalue weighted by Crippen LogP contribution is 2.39. The second-order valence-corrected chi connectivity index (χ2v) is 6.60. The second kappa shape index (κ2) is 6.77. The van der Waals surface area contributed by atoms with Crippen LogP contribution in [-0.4, -0.2) is 10.1 Å². The van der Waals surface area contributed by atoms with Crippen LogP contribution in [0.3, 0.4) is 0 Å². The molecule has 1 atom stereocenters. The zero-order valence-electron chi connectivity index (χ0n) is 14.8. The van der Waals surface area contributed by atoms with Gasteiger partial charge in [0.05, 0.1) is 16.8 Å². The van der Waals surface area contributed by atoms with E-state index in [4.69, 9.17) is 0 Å². The van der Waals surface area contributed by atoms with Gasteiger partial charge < -0.3 is 5.11 Å². The summed E-state index contributed by atoms with van der Waals surface area (Å²) in [4.78, 5) is 4.03. The molecule has 0 saturated heterocycles. The third kappa shape index (κ3) is 3.82. The molecule has 2 aromatic carbocycles. The van der Waals surface area contributed by atoms with Crippen LogP contribution in [0.25, 0.3) is 10.8 Å². The number of aliphatic hydroxyl groups excluding tert-OH is 1. The van der Waals surface area contributed by atoms with Gasteiger partial charge in [0.1, 0.15) is 6.10 Å². The summed E-state index contributed by atoms with van der Waals surface area (Å²) in [6.07, 6.45) is -10.4. The van der Waals surface area contributed by atoms with Gasteiger partial charge in [0, 0.05) is 11.6 Å². The van der Waals surface area contributed by atoms with E-state index in [0.29, 0.717) is 22.9 Å². The van der Waals surface area contributed by atoms with Crippen LogP contribution in [0.15, 0.2) is 42.6 Å². The zero-order chi connectivity index (χ0) is 20.9. The number of pyridine rings is 1. The molecule has 0 bridgehead atoms. The van der Waals surface area contributed by atoms with Gasteiger partial charge >= 0.3 is 12.4 Å². The molecule has 148 valence electrons. The van der Waals surface area contributed by atoms with Gasteiger partial charge in [-0.15, -0.1) is 0 Å². The summed E-state index contributed by atoms with van der Waals surface area (Å²) in [6, 6.07) is 6.23. The molecule has 0 spiro atoms. The van der Waals surface area contributed by atoms with E-state index in [0.717, 1.165) is 11.1 Å². The summed E-state index contributed by atoms with van der Waals surface area (Å²) >= 11 is 0. The van der Waals surface area contributed by atoms with Gasteiger partial charge in [-0.25, -0.2) is 0 Å². The molecule has 0 fully saturated rings. The van der Waals surface area contributed by atoms with E-state index in [-0.39, 0.29) is 11.8 Å². The van der Waals surface area contributed by atoms with Crippen LogP contribution in [0.2, 0.25) is 0 Å². The number of hydrogen-bond donors (Lipinski definition) is 1. The zero-order valence-corrected chi connectivity index (χ0v) is 14.8. The van der Waals surface area contributed by atoms with Gasteiger partial charge in [0.2, 0.25) is 0 Å². The number of fused-ring (bicyclic) bond motifs is 1. The molecule has 1 heterocycles. The number of benzene rings is 2. The molecule has 0 radical (unpaired) electrons. The van der Waals surface area contributed by atoms with E-state index in [9.17, 15) is 31.4 Å². The predicted molar refractivity (Wildman–Crippen MR) is 91.7 cm³/mol. The fourth-order valence-electron chi connectivity index (χ4n) is 2.98. The Balaban J connectivity index is 2.21. The third-order valence-corrected chi connectivity index (χ3v) is 4.59. The lowest BCUT2D eigenvalue weighted by Gasteiger charge is -2.18. The van der Waals surface area contributed by atoms with Crippen molar-refractivity contribution in [2.75, 3.05) is 0 Å². The Labute approximate surface area is 156 Å². The minimum Gasteiger partial charge on any atom is -0.382 e. The molecule has 3 rings (SSSR count). The minimum atomic E-state index is -4.99. The largest absolute Gasteiger partial charge is 0.416 e. The molecule has 3 aromatic rings. The number of aliphatic hydroxyl groups is 1. The van der Waals surface area contributed by atoms with Gasteiger partial charge in [-0.3, -0.25) is 4.98 Å². The van der Waals surface area contributed by atoms with E-state index in [1.54, 1.807) is 12.1 Å². The number of rotatable bonds is 2. The maximum Gasteiger partial charge on any atom is 0.416 e. The molecular formula is C20H15F6NO. The first-order valence-electron chi connectivity index (χ1n) is 8.21. The lowest BCUT2D eigenvalue weighted by atomic mass is 9.95. The fraction of sp³-hybridized carbons (Fsp3) is 0.250. The van der Waals surface area contributed by atoms with Crippen LogP contribution in [0.4, 0.5) is 26.3 Å². The Morgan fingerprint density at radius 1 is 0.821 bits per heavy atom. The van der Waals surface area contributed by atoms with E-state index in [1.165, 1.54) is 6.20 Å². The Kier molecular flexibility index (Phi) is 4.87. The molecular weight excluding hydrogens is 384 g/mol. The van der Waals surface area contributed by atoms with Crippen LogP contribution >= 0.6 is 0 Å². The number of alkyl halides is 6. The quantitative estimate of drug-likeness (QED) is 0.539. The summed E-state index contributed by atoms with van der Waals surface area (Å²) < 4.78 is 78.5. The third-order valence-electron chi connectivity index (χ3n) is 4.59. The minimum absolute atomic E-state index is 0.00644. The van der Waals surface area contributed by atoms with Gasteiger partial charge in [-0.05, 0) is 66.3 Å². The van der Waals surface area contributed by atoms with Crippen LogP contribution in [0.5, 0.6) is 0 Å². The molecule has 1 aromatic heterocycles. The van der Waals surface area contributed by atoms with E-state index in [2.05, 4.69) is 4.98 Å². The molecule has 0 aliphatic rings. The monoisotopic (exact) mass is 399 g/mol. The van der Waals surface area contributed by atoms with Gasteiger partial charge in [0.25, 0.3) is 0 Å². The Morgan fingerprint density at radius 2 is 1.36 bits per heavy atom. The lowest BCUT2D eigenvalue weighted by molar-refractivity contribution is -0.143. The van der Waals surface area contributed by atoms with Crippen LogP contribution in [0.1, 0.15) is 39.6 Å². The van der Waals surface area contributed by atoms with Crippen molar-refractivity contribution in [1.82, 2.24) is 4.98 Å². The second-order valence-electron chi connectivity index (χ2n) is 6.60. The first-order valence-corrected chi connectivity index (χ1v) is 8.21. The predicted octanol–water partition coefficient (Wildman–Crippen LogP) is 5.97. The Morgan fingerprint density at radius 3 is 1.89 bits per heavy atom. The van der Waals surface area contributed by atoms with E-state index < -0.39 is 35.1 Å². The molecule has 8 heteroatoms. The van der Waals surface area contributed by atoms with Gasteiger partial charge in [0.15, 0.2) is 0 Å². The lowest BCUT2D eigenvalue weighted by Crippen LogP contribution is -2.14. The van der Waals surface area contributed by atoms with Crippen molar-refractivity contribution in [3.63, 3.8) is 0 Å². The smallest absolute Gasteiger partial charge is 0.382 e. The summed E-state index contributed by atoms with van der Waals surface area (Å²) in [5.41, 5.74) is -1.69. The summed E-state index contributed by atoms with van der Waals surface area (Å²) in [5, 5.41) is 11.8. The molecule has 2 nitrogen and oxygen atoms in total. The van der Waals surface area contributed by atoms with Crippen LogP contribution < -0.4 is 0 Å². The van der Waals surface area contributed by atoms with Crippen molar-refractivity contribution in [2.24, 2.45) is 0 Å². The summed E-state index contributed by atoms with van der Waals surface area (Å²) in [6.45, 7) is 3.68. The summed E-state index contributed by atoms with van der Waals surface area (Å²) in [5.74, 6) is 0. The first-order chi connectivity index (χ1) is 12.9. The number of nitrogens with zero attached hydrogens (tertiary/aromatic N) is 1. The highest BCUT2D eigenvalue weighted by molar-refractivity contribution is 5.86. The number of halogens is 6. The standard InChI is InChI=1S/C20H15F6NO/c1-10-5-12-3-4-27-17(16(12)6-11(10)2)18(28)13-7-14(19(21,22)23)9-15(8-13)20(24,25)26/h3-9,18,28H,1-2H3. The Hall–Kier alpha value is -2.61. The highest BCUT2D eigenvalue weighted by atomic mass is 19.4. The SMILES string of the molecule is Cc1cc2ccnc(C(O)c3cc(C(F)(F)F)cc(C(F)(F)F)c3)c2cc1C. The molecule has 1 unspecified atom stereocenters. The topological polar surface area (TPSA) is 33.1 Å². The normalized spacial score (nSPS) is 13.8. The number of hydrogen-bond acceptors (Lipinski definition) is 2. The van der Waals surface area contributed by atoms with Crippen LogP contribution in [0, 0.1) is 13.8 Å². The Bertz CT molecular complexity index is 1010. The molecule has 0 saturated carbocycles. The van der Waals surface area contributed by atoms with Crippen molar-refractivity contribution in [3.05, 3.63) is 76.1 Å². The maximum absolute atomic E-state index is 13.1. The number of aryl methyl sites for hydroxylation is 2.